The van der Waals surface area contributed by atoms with Crippen molar-refractivity contribution in [3.05, 3.63) is 0 Å². The third-order valence-corrected chi connectivity index (χ3v) is 4.11. The lowest BCUT2D eigenvalue weighted by molar-refractivity contribution is -0.132. The molecule has 3 unspecified atom stereocenters. The molecule has 0 aromatic carbocycles. The maximum Gasteiger partial charge on any atom is 0.263 e. The van der Waals surface area contributed by atoms with Gasteiger partial charge in [-0.3, -0.25) is 10.2 Å². The van der Waals surface area contributed by atoms with E-state index in [0.29, 0.717) is 0 Å². The maximum atomic E-state index is 11.4. The molecule has 3 atom stereocenters. The van der Waals surface area contributed by atoms with Gasteiger partial charge in [0.1, 0.15) is 6.10 Å². The molecule has 5 nitrogen and oxygen atoms in total. The largest absolute Gasteiger partial charge is 0.364 e. The van der Waals surface area contributed by atoms with Gasteiger partial charge < -0.3 is 9.64 Å². The predicted octanol–water partition coefficient (Wildman–Crippen LogP) is 0.646. The fourth-order valence-electron chi connectivity index (χ4n) is 2.92. The molecule has 0 spiro atoms. The minimum atomic E-state index is -0.342. The summed E-state index contributed by atoms with van der Waals surface area (Å²) in [7, 11) is 0. The Balaban J connectivity index is 1.75. The fraction of sp³-hybridized carbons (Fsp3) is 0.923. The van der Waals surface area contributed by atoms with Crippen LogP contribution in [0.5, 0.6) is 0 Å². The Morgan fingerprint density at radius 1 is 1.33 bits per heavy atom. The van der Waals surface area contributed by atoms with Crippen molar-refractivity contribution in [1.29, 1.82) is 0 Å². The van der Waals surface area contributed by atoms with Gasteiger partial charge in [0.15, 0.2) is 0 Å². The van der Waals surface area contributed by atoms with Crippen LogP contribution in [0, 0.1) is 5.92 Å². The Morgan fingerprint density at radius 3 is 2.94 bits per heavy atom. The molecule has 18 heavy (non-hydrogen) atoms. The first-order valence-electron chi connectivity index (χ1n) is 7.07. The number of nitrogens with one attached hydrogen (secondary N) is 1. The highest BCUT2D eigenvalue weighted by Crippen LogP contribution is 2.23. The minimum Gasteiger partial charge on any atom is -0.364 e. The third-order valence-electron chi connectivity index (χ3n) is 4.11. The zero-order chi connectivity index (χ0) is 13.0. The van der Waals surface area contributed by atoms with Gasteiger partial charge in [-0.2, -0.15) is 0 Å². The number of likely N-dealkylation sites (tertiary alicyclic amines) is 1. The summed E-state index contributed by atoms with van der Waals surface area (Å²) in [5, 5.41) is 0. The maximum absolute atomic E-state index is 11.4. The van der Waals surface area contributed by atoms with Crippen LogP contribution in [0.25, 0.3) is 0 Å². The van der Waals surface area contributed by atoms with Gasteiger partial charge in [0.2, 0.25) is 0 Å². The molecule has 1 amide bonds. The predicted molar refractivity (Wildman–Crippen MR) is 69.7 cm³/mol. The van der Waals surface area contributed by atoms with E-state index in [0.717, 1.165) is 38.4 Å². The number of amides is 1. The van der Waals surface area contributed by atoms with Crippen LogP contribution in [0.2, 0.25) is 0 Å². The summed E-state index contributed by atoms with van der Waals surface area (Å²) in [5.41, 5.74) is 2.17. The number of carbonyl (C=O) groups is 1. The van der Waals surface area contributed by atoms with E-state index >= 15 is 0 Å². The van der Waals surface area contributed by atoms with E-state index in [4.69, 9.17) is 10.6 Å². The first-order valence-corrected chi connectivity index (χ1v) is 7.07. The van der Waals surface area contributed by atoms with E-state index in [1.54, 1.807) is 0 Å². The first-order chi connectivity index (χ1) is 8.69. The molecule has 0 saturated carbocycles. The third kappa shape index (κ3) is 3.67. The van der Waals surface area contributed by atoms with Crippen LogP contribution in [0.4, 0.5) is 0 Å². The quantitative estimate of drug-likeness (QED) is 0.441. The monoisotopic (exact) mass is 255 g/mol. The van der Waals surface area contributed by atoms with E-state index in [2.05, 4.69) is 17.2 Å². The summed E-state index contributed by atoms with van der Waals surface area (Å²) in [4.78, 5) is 13.9. The summed E-state index contributed by atoms with van der Waals surface area (Å²) in [6.07, 6.45) is 5.49. The number of hydrazine groups is 1. The molecule has 0 aromatic rings. The van der Waals surface area contributed by atoms with Crippen LogP contribution >= 0.6 is 0 Å². The van der Waals surface area contributed by atoms with Crippen molar-refractivity contribution in [3.8, 4) is 0 Å². The molecule has 3 N–H and O–H groups in total. The molecular weight excluding hydrogens is 230 g/mol. The number of hydrogen-bond acceptors (Lipinski definition) is 4. The van der Waals surface area contributed by atoms with Crippen molar-refractivity contribution in [2.24, 2.45) is 11.8 Å². The first kappa shape index (κ1) is 13.8. The van der Waals surface area contributed by atoms with Gasteiger partial charge >= 0.3 is 0 Å². The highest BCUT2D eigenvalue weighted by molar-refractivity contribution is 5.80. The average Bonchev–Trinajstić information content (AvgIpc) is 2.73. The molecule has 0 bridgehead atoms. The summed E-state index contributed by atoms with van der Waals surface area (Å²) in [5.74, 6) is 5.78. The normalized spacial score (nSPS) is 34.2. The van der Waals surface area contributed by atoms with E-state index < -0.39 is 0 Å². The van der Waals surface area contributed by atoms with Crippen molar-refractivity contribution in [1.82, 2.24) is 10.3 Å². The average molecular weight is 255 g/mol. The van der Waals surface area contributed by atoms with Crippen molar-refractivity contribution in [2.45, 2.75) is 51.2 Å². The fourth-order valence-corrected chi connectivity index (χ4v) is 2.92. The van der Waals surface area contributed by atoms with Crippen LogP contribution in [0.1, 0.15) is 39.0 Å². The van der Waals surface area contributed by atoms with Gasteiger partial charge in [0.05, 0.1) is 6.10 Å². The van der Waals surface area contributed by atoms with Crippen molar-refractivity contribution < 1.29 is 9.53 Å². The summed E-state index contributed by atoms with van der Waals surface area (Å²) < 4.78 is 5.75. The van der Waals surface area contributed by atoms with Gasteiger partial charge in [-0.15, -0.1) is 0 Å². The van der Waals surface area contributed by atoms with Crippen molar-refractivity contribution in [2.75, 3.05) is 19.6 Å². The SMILES string of the molecule is CC1CCCN(CC2CCC(C(=O)NN)O2)CC1. The highest BCUT2D eigenvalue weighted by Gasteiger charge is 2.31. The lowest BCUT2D eigenvalue weighted by atomic mass is 10.0. The number of nitrogens with two attached hydrogens (primary N) is 1. The Kier molecular flexibility index (Phi) is 4.97. The van der Waals surface area contributed by atoms with E-state index in [1.165, 1.54) is 19.3 Å². The van der Waals surface area contributed by atoms with Crippen LogP contribution in [-0.4, -0.2) is 42.6 Å². The summed E-state index contributed by atoms with van der Waals surface area (Å²) in [6.45, 7) is 5.62. The number of carbonyl (C=O) groups excluding carboxylic acids is 1. The Labute approximate surface area is 109 Å². The van der Waals surface area contributed by atoms with Crippen LogP contribution in [-0.2, 0) is 9.53 Å². The molecule has 2 heterocycles. The number of rotatable bonds is 3. The van der Waals surface area contributed by atoms with E-state index in [1.807, 2.05) is 0 Å². The Morgan fingerprint density at radius 2 is 2.17 bits per heavy atom. The van der Waals surface area contributed by atoms with Gasteiger partial charge in [-0.05, 0) is 51.1 Å². The molecule has 104 valence electrons. The second-order valence-corrected chi connectivity index (χ2v) is 5.67. The lowest BCUT2D eigenvalue weighted by Crippen LogP contribution is -2.40. The molecule has 2 aliphatic rings. The van der Waals surface area contributed by atoms with Crippen LogP contribution < -0.4 is 11.3 Å². The van der Waals surface area contributed by atoms with Crippen LogP contribution in [0.3, 0.4) is 0 Å². The smallest absolute Gasteiger partial charge is 0.263 e. The summed E-state index contributed by atoms with van der Waals surface area (Å²) >= 11 is 0. The number of nitrogens with zero attached hydrogens (tertiary/aromatic N) is 1. The van der Waals surface area contributed by atoms with Gasteiger partial charge in [0, 0.05) is 6.54 Å². The molecule has 2 fully saturated rings. The number of hydrogen-bond donors (Lipinski definition) is 2. The minimum absolute atomic E-state index is 0.193. The molecule has 0 aliphatic carbocycles. The van der Waals surface area contributed by atoms with Gasteiger partial charge in [0.25, 0.3) is 5.91 Å². The van der Waals surface area contributed by atoms with Crippen molar-refractivity contribution in [3.63, 3.8) is 0 Å². The summed E-state index contributed by atoms with van der Waals surface area (Å²) in [6, 6.07) is 0. The van der Waals surface area contributed by atoms with Crippen LogP contribution in [0.15, 0.2) is 0 Å². The Bertz CT molecular complexity index is 285. The van der Waals surface area contributed by atoms with E-state index in [9.17, 15) is 4.79 Å². The van der Waals surface area contributed by atoms with Gasteiger partial charge in [-0.1, -0.05) is 6.92 Å². The second kappa shape index (κ2) is 6.50. The van der Waals surface area contributed by atoms with E-state index in [-0.39, 0.29) is 18.1 Å². The second-order valence-electron chi connectivity index (χ2n) is 5.67. The molecular formula is C13H25N3O2. The molecule has 2 rings (SSSR count). The molecule has 0 radical (unpaired) electrons. The Hall–Kier alpha value is -0.650. The zero-order valence-electron chi connectivity index (χ0n) is 11.2. The molecule has 0 aromatic heterocycles. The highest BCUT2D eigenvalue weighted by atomic mass is 16.5. The zero-order valence-corrected chi connectivity index (χ0v) is 11.2. The van der Waals surface area contributed by atoms with Gasteiger partial charge in [-0.25, -0.2) is 5.84 Å². The topological polar surface area (TPSA) is 67.6 Å². The van der Waals surface area contributed by atoms with Crippen molar-refractivity contribution >= 4 is 5.91 Å². The lowest BCUT2D eigenvalue weighted by Gasteiger charge is -2.23. The molecule has 2 saturated heterocycles. The molecule has 2 aliphatic heterocycles. The number of ether oxygens (including phenoxy) is 1. The standard InChI is InChI=1S/C13H25N3O2/c1-10-3-2-7-16(8-6-10)9-11-4-5-12(18-11)13(17)15-14/h10-12H,2-9,14H2,1H3,(H,15,17). The molecule has 5 heteroatoms.